The van der Waals surface area contributed by atoms with E-state index in [-0.39, 0.29) is 19.0 Å². The summed E-state index contributed by atoms with van der Waals surface area (Å²) in [6, 6.07) is 38.6. The van der Waals surface area contributed by atoms with Crippen LogP contribution in [-0.4, -0.2) is 44.7 Å². The molecule has 4 unspecified atom stereocenters. The van der Waals surface area contributed by atoms with E-state index in [1.54, 1.807) is 7.11 Å². The van der Waals surface area contributed by atoms with Crippen LogP contribution in [0.1, 0.15) is 75.5 Å². The number of hydrogen-bond acceptors (Lipinski definition) is 8. The highest BCUT2D eigenvalue weighted by atomic mass is 32.5. The topological polar surface area (TPSA) is 64.6 Å². The Morgan fingerprint density at radius 1 is 0.796 bits per heavy atom. The van der Waals surface area contributed by atoms with E-state index in [9.17, 15) is 0 Å². The van der Waals surface area contributed by atoms with Crippen molar-refractivity contribution in [3.8, 4) is 5.75 Å². The summed E-state index contributed by atoms with van der Waals surface area (Å²) in [5, 5.41) is 0. The van der Waals surface area contributed by atoms with Crippen molar-refractivity contribution in [1.82, 2.24) is 0 Å². The molecule has 49 heavy (non-hydrogen) atoms. The third kappa shape index (κ3) is 10.3. The Bertz CT molecular complexity index is 1500. The standard InChI is InChI=1S/C40H49O7PS/c1-31(29-43-40(33-17-9-6-10-18-33,34-19-11-7-12-20-34)35-21-13-8-14-22-35)46-48(49,47-39(2,3)4)44-28-16-15-23-37-30-42-38(45-37)32-24-26-36(41-5)27-25-32/h6-14,17-22,24-27,31,37-38H,15-16,23,28-30H2,1-5H3. The van der Waals surface area contributed by atoms with Crippen LogP contribution >= 0.6 is 6.72 Å². The Morgan fingerprint density at radius 3 is 1.86 bits per heavy atom. The van der Waals surface area contributed by atoms with Crippen molar-refractivity contribution in [2.75, 3.05) is 26.9 Å². The maximum absolute atomic E-state index is 6.98. The molecule has 1 heterocycles. The Morgan fingerprint density at radius 2 is 1.35 bits per heavy atom. The number of hydrogen-bond donors (Lipinski definition) is 0. The highest BCUT2D eigenvalue weighted by Crippen LogP contribution is 2.54. The van der Waals surface area contributed by atoms with Gasteiger partial charge in [-0.1, -0.05) is 103 Å². The van der Waals surface area contributed by atoms with Crippen LogP contribution in [-0.2, 0) is 45.2 Å². The smallest absolute Gasteiger partial charge is 0.328 e. The van der Waals surface area contributed by atoms with Gasteiger partial charge in [-0.2, -0.15) is 0 Å². The summed E-state index contributed by atoms with van der Waals surface area (Å²) in [6.07, 6.45) is 1.77. The summed E-state index contributed by atoms with van der Waals surface area (Å²) in [6.45, 7) is 5.94. The number of benzene rings is 4. The SMILES string of the molecule is COc1ccc(C2OCC(CCCCOP(=S)(OC(C)COC(c3ccccc3)(c3ccccc3)c3ccccc3)OC(C)(C)C)O2)cc1. The molecule has 0 aromatic heterocycles. The third-order valence-corrected chi connectivity index (χ3v) is 10.8. The Labute approximate surface area is 297 Å². The first-order valence-electron chi connectivity index (χ1n) is 17.0. The molecule has 4 atom stereocenters. The molecule has 7 nitrogen and oxygen atoms in total. The quantitative estimate of drug-likeness (QED) is 0.0612. The second-order valence-electron chi connectivity index (χ2n) is 13.2. The summed E-state index contributed by atoms with van der Waals surface area (Å²) < 4.78 is 43.4. The molecule has 1 aliphatic heterocycles. The minimum Gasteiger partial charge on any atom is -0.497 e. The van der Waals surface area contributed by atoms with Gasteiger partial charge in [0.15, 0.2) is 6.29 Å². The second kappa shape index (κ2) is 17.3. The van der Waals surface area contributed by atoms with Gasteiger partial charge in [0.1, 0.15) is 11.4 Å². The molecule has 0 spiro atoms. The zero-order valence-corrected chi connectivity index (χ0v) is 30.9. The minimum atomic E-state index is -3.13. The first kappa shape index (κ1) is 37.3. The minimum absolute atomic E-state index is 0.0218. The normalized spacial score (nSPS) is 18.6. The molecule has 1 fully saturated rings. The van der Waals surface area contributed by atoms with Gasteiger partial charge < -0.3 is 32.5 Å². The van der Waals surface area contributed by atoms with Crippen LogP contribution in [0.2, 0.25) is 0 Å². The van der Waals surface area contributed by atoms with E-state index < -0.39 is 24.0 Å². The van der Waals surface area contributed by atoms with Crippen molar-refractivity contribution in [2.24, 2.45) is 0 Å². The lowest BCUT2D eigenvalue weighted by Gasteiger charge is -2.37. The average Bonchev–Trinajstić information content (AvgIpc) is 3.58. The number of methoxy groups -OCH3 is 1. The van der Waals surface area contributed by atoms with Crippen LogP contribution in [0.5, 0.6) is 5.75 Å². The molecule has 9 heteroatoms. The Kier molecular flexibility index (Phi) is 13.2. The van der Waals surface area contributed by atoms with Crippen molar-refractivity contribution in [1.29, 1.82) is 0 Å². The molecule has 0 N–H and O–H groups in total. The van der Waals surface area contributed by atoms with E-state index >= 15 is 0 Å². The summed E-state index contributed by atoms with van der Waals surface area (Å²) in [5.41, 5.74) is 2.63. The zero-order valence-electron chi connectivity index (χ0n) is 29.2. The van der Waals surface area contributed by atoms with E-state index in [1.165, 1.54) is 0 Å². The molecule has 0 bridgehead atoms. The van der Waals surface area contributed by atoms with E-state index in [0.717, 1.165) is 47.3 Å². The monoisotopic (exact) mass is 704 g/mol. The molecule has 1 aliphatic rings. The Hall–Kier alpha value is -2.91. The van der Waals surface area contributed by atoms with Gasteiger partial charge in [-0.3, -0.25) is 0 Å². The highest BCUT2D eigenvalue weighted by molar-refractivity contribution is 8.07. The lowest BCUT2D eigenvalue weighted by Crippen LogP contribution is -2.35. The lowest BCUT2D eigenvalue weighted by molar-refractivity contribution is -0.0614. The molecule has 4 aromatic carbocycles. The van der Waals surface area contributed by atoms with Crippen LogP contribution in [0, 0.1) is 0 Å². The summed E-state index contributed by atoms with van der Waals surface area (Å²) in [4.78, 5) is 0. The third-order valence-electron chi connectivity index (χ3n) is 8.08. The fraction of sp³-hybridized carbons (Fsp3) is 0.400. The number of ether oxygens (including phenoxy) is 4. The van der Waals surface area contributed by atoms with Gasteiger partial charge in [0, 0.05) is 5.56 Å². The van der Waals surface area contributed by atoms with E-state index in [4.69, 9.17) is 44.3 Å². The van der Waals surface area contributed by atoms with Crippen molar-refractivity contribution in [2.45, 2.75) is 76.7 Å². The van der Waals surface area contributed by atoms with Gasteiger partial charge in [-0.15, -0.1) is 0 Å². The molecular formula is C40H49O7PS. The number of unbranched alkanes of at least 4 members (excludes halogenated alkanes) is 1. The lowest BCUT2D eigenvalue weighted by atomic mass is 9.80. The molecule has 1 saturated heterocycles. The molecular weight excluding hydrogens is 655 g/mol. The summed E-state index contributed by atoms with van der Waals surface area (Å²) in [7, 11) is 1.65. The van der Waals surface area contributed by atoms with Crippen molar-refractivity contribution in [3.63, 3.8) is 0 Å². The average molecular weight is 705 g/mol. The summed E-state index contributed by atoms with van der Waals surface area (Å²) in [5.74, 6) is 0.806. The van der Waals surface area contributed by atoms with Gasteiger partial charge in [0.05, 0.1) is 44.7 Å². The van der Waals surface area contributed by atoms with Gasteiger partial charge in [0.2, 0.25) is 0 Å². The van der Waals surface area contributed by atoms with E-state index in [1.807, 2.05) is 107 Å². The molecule has 0 saturated carbocycles. The molecule has 0 aliphatic carbocycles. The van der Waals surface area contributed by atoms with Gasteiger partial charge in [-0.25, -0.2) is 0 Å². The zero-order chi connectivity index (χ0) is 34.7. The van der Waals surface area contributed by atoms with Crippen molar-refractivity contribution in [3.05, 3.63) is 138 Å². The first-order chi connectivity index (χ1) is 23.6. The van der Waals surface area contributed by atoms with E-state index in [2.05, 4.69) is 36.4 Å². The molecule has 0 radical (unpaired) electrons. The van der Waals surface area contributed by atoms with Crippen molar-refractivity contribution >= 4 is 18.5 Å². The van der Waals surface area contributed by atoms with Crippen molar-refractivity contribution < 1.29 is 32.5 Å². The van der Waals surface area contributed by atoms with Gasteiger partial charge in [0.25, 0.3) is 0 Å². The van der Waals surface area contributed by atoms with Crippen LogP contribution in [0.15, 0.2) is 115 Å². The fourth-order valence-electron chi connectivity index (χ4n) is 5.86. The summed E-state index contributed by atoms with van der Waals surface area (Å²) >= 11 is 5.99. The number of rotatable bonds is 17. The Balaban J connectivity index is 1.20. The first-order valence-corrected chi connectivity index (χ1v) is 19.5. The van der Waals surface area contributed by atoms with E-state index in [0.29, 0.717) is 13.2 Å². The predicted molar refractivity (Wildman–Crippen MR) is 197 cm³/mol. The molecule has 0 amide bonds. The fourth-order valence-corrected chi connectivity index (χ4v) is 8.88. The predicted octanol–water partition coefficient (Wildman–Crippen LogP) is 9.75. The molecule has 4 aromatic rings. The van der Waals surface area contributed by atoms with Gasteiger partial charge >= 0.3 is 6.72 Å². The van der Waals surface area contributed by atoms with Crippen LogP contribution in [0.4, 0.5) is 0 Å². The molecule has 5 rings (SSSR count). The van der Waals surface area contributed by atoms with Crippen LogP contribution in [0.25, 0.3) is 0 Å². The largest absolute Gasteiger partial charge is 0.497 e. The molecule has 262 valence electrons. The maximum atomic E-state index is 6.98. The second-order valence-corrected chi connectivity index (χ2v) is 16.1. The van der Waals surface area contributed by atoms with Crippen LogP contribution < -0.4 is 4.74 Å². The maximum Gasteiger partial charge on any atom is 0.328 e. The van der Waals surface area contributed by atoms with Crippen LogP contribution in [0.3, 0.4) is 0 Å². The highest BCUT2D eigenvalue weighted by Gasteiger charge is 2.39. The van der Waals surface area contributed by atoms with Gasteiger partial charge in [-0.05, 0) is 87.6 Å².